The van der Waals surface area contributed by atoms with Gasteiger partial charge in [0.05, 0.1) is 11.1 Å². The van der Waals surface area contributed by atoms with Crippen molar-refractivity contribution in [2.75, 3.05) is 17.6 Å². The second-order valence-corrected chi connectivity index (χ2v) is 7.68. The molecule has 138 valence electrons. The zero-order valence-electron chi connectivity index (χ0n) is 15.1. The monoisotopic (exact) mass is 357 g/mol. The van der Waals surface area contributed by atoms with Crippen LogP contribution in [0.4, 0.5) is 15.9 Å². The van der Waals surface area contributed by atoms with Crippen molar-refractivity contribution in [3.63, 3.8) is 0 Å². The number of fused-ring (bicyclic) bond motifs is 2. The zero-order chi connectivity index (χ0) is 18.6. The predicted octanol–water partition coefficient (Wildman–Crippen LogP) is 2.14. The predicted molar refractivity (Wildman–Crippen MR) is 98.9 cm³/mol. The Labute approximate surface area is 151 Å². The Kier molecular flexibility index (Phi) is 3.80. The Morgan fingerprint density at radius 1 is 1.46 bits per heavy atom. The van der Waals surface area contributed by atoms with Gasteiger partial charge in [0, 0.05) is 23.8 Å². The first-order valence-electron chi connectivity index (χ1n) is 9.02. The minimum atomic E-state index is -0.891. The number of carbonyl (C=O) groups is 1. The maximum Gasteiger partial charge on any atom is 0.259 e. The molecule has 7 heteroatoms. The van der Waals surface area contributed by atoms with Crippen LogP contribution in [0.15, 0.2) is 12.1 Å². The molecule has 0 saturated carbocycles. The Morgan fingerprint density at radius 3 is 3.00 bits per heavy atom. The number of rotatable bonds is 1. The van der Waals surface area contributed by atoms with E-state index in [0.29, 0.717) is 30.8 Å². The largest absolute Gasteiger partial charge is 0.385 e. The molecule has 26 heavy (non-hydrogen) atoms. The van der Waals surface area contributed by atoms with Crippen LogP contribution in [-0.4, -0.2) is 28.3 Å². The number of hydrogen-bond acceptors (Lipinski definition) is 5. The summed E-state index contributed by atoms with van der Waals surface area (Å²) in [5, 5.41) is 7.79. The number of nitrogens with one attached hydrogen (secondary N) is 1. The minimum absolute atomic E-state index is 0.0458. The fourth-order valence-corrected chi connectivity index (χ4v) is 4.22. The number of nitrogen functional groups attached to an aromatic ring is 1. The van der Waals surface area contributed by atoms with Crippen LogP contribution >= 0.6 is 0 Å². The van der Waals surface area contributed by atoms with Gasteiger partial charge in [0.15, 0.2) is 0 Å². The van der Waals surface area contributed by atoms with Crippen LogP contribution < -0.4 is 16.8 Å². The Hall–Kier alpha value is -2.41. The van der Waals surface area contributed by atoms with Crippen molar-refractivity contribution in [3.05, 3.63) is 40.3 Å². The number of anilines is 2. The molecule has 0 radical (unpaired) electrons. The lowest BCUT2D eigenvalue weighted by molar-refractivity contribution is 0.0785. The van der Waals surface area contributed by atoms with E-state index in [1.54, 1.807) is 0 Å². The summed E-state index contributed by atoms with van der Waals surface area (Å²) < 4.78 is 15.4. The molecule has 0 spiro atoms. The number of halogens is 1. The standard InChI is InChI=1S/C19H24FN5O/c1-10-7-11(20)8-14-16(10)23-6-5-19(14,2)18(26)25-17(22)13-9-12(21)3-4-15(13)24-25/h7-8,12,23H,3-6,9,21-22H2,1-2H3. The fourth-order valence-electron chi connectivity index (χ4n) is 4.22. The van der Waals surface area contributed by atoms with Gasteiger partial charge in [0.2, 0.25) is 0 Å². The summed E-state index contributed by atoms with van der Waals surface area (Å²) in [6.45, 7) is 4.32. The average Bonchev–Trinajstić information content (AvgIpc) is 2.91. The van der Waals surface area contributed by atoms with Crippen LogP contribution in [0.25, 0.3) is 0 Å². The van der Waals surface area contributed by atoms with Crippen molar-refractivity contribution in [1.29, 1.82) is 0 Å². The molecular formula is C19H24FN5O. The summed E-state index contributed by atoms with van der Waals surface area (Å²) in [7, 11) is 0. The smallest absolute Gasteiger partial charge is 0.259 e. The highest BCUT2D eigenvalue weighted by molar-refractivity contribution is 5.94. The summed E-state index contributed by atoms with van der Waals surface area (Å²) in [6, 6.07) is 2.97. The van der Waals surface area contributed by atoms with E-state index in [1.165, 1.54) is 16.8 Å². The summed E-state index contributed by atoms with van der Waals surface area (Å²) in [5.41, 5.74) is 15.4. The molecule has 5 N–H and O–H groups in total. The van der Waals surface area contributed by atoms with Crippen LogP contribution in [0.3, 0.4) is 0 Å². The van der Waals surface area contributed by atoms with Gasteiger partial charge < -0.3 is 16.8 Å². The number of nitrogens with two attached hydrogens (primary N) is 2. The summed E-state index contributed by atoms with van der Waals surface area (Å²) in [5.74, 6) is -0.192. The number of nitrogens with zero attached hydrogens (tertiary/aromatic N) is 2. The molecule has 0 fully saturated rings. The van der Waals surface area contributed by atoms with Gasteiger partial charge in [-0.2, -0.15) is 9.78 Å². The second-order valence-electron chi connectivity index (χ2n) is 7.68. The molecule has 2 heterocycles. The van der Waals surface area contributed by atoms with E-state index in [2.05, 4.69) is 10.4 Å². The minimum Gasteiger partial charge on any atom is -0.385 e. The Bertz CT molecular complexity index is 906. The van der Waals surface area contributed by atoms with Crippen molar-refractivity contribution in [2.45, 2.75) is 51.0 Å². The number of aryl methyl sites for hydroxylation is 2. The second kappa shape index (κ2) is 5.81. The number of benzene rings is 1. The highest BCUT2D eigenvalue weighted by Gasteiger charge is 2.42. The third kappa shape index (κ3) is 2.41. The van der Waals surface area contributed by atoms with Crippen LogP contribution in [-0.2, 0) is 18.3 Å². The Morgan fingerprint density at radius 2 is 2.23 bits per heavy atom. The van der Waals surface area contributed by atoms with Crippen LogP contribution in [0, 0.1) is 12.7 Å². The lowest BCUT2D eigenvalue weighted by atomic mass is 9.75. The summed E-state index contributed by atoms with van der Waals surface area (Å²) >= 11 is 0. The molecule has 2 aliphatic rings. The molecule has 2 atom stereocenters. The SMILES string of the molecule is Cc1cc(F)cc2c1NCCC2(C)C(=O)n1nc2c(c1N)CC(N)CC2. The van der Waals surface area contributed by atoms with Crippen molar-refractivity contribution < 1.29 is 9.18 Å². The van der Waals surface area contributed by atoms with Crippen molar-refractivity contribution in [3.8, 4) is 0 Å². The molecule has 0 saturated heterocycles. The van der Waals surface area contributed by atoms with Crippen LogP contribution in [0.2, 0.25) is 0 Å². The Balaban J connectivity index is 1.81. The van der Waals surface area contributed by atoms with Gasteiger partial charge in [-0.15, -0.1) is 0 Å². The molecular weight excluding hydrogens is 333 g/mol. The summed E-state index contributed by atoms with van der Waals surface area (Å²) in [6.07, 6.45) is 2.75. The van der Waals surface area contributed by atoms with Crippen molar-refractivity contribution in [1.82, 2.24) is 9.78 Å². The third-order valence-corrected chi connectivity index (χ3v) is 5.81. The quantitative estimate of drug-likeness (QED) is 0.726. The van der Waals surface area contributed by atoms with Crippen molar-refractivity contribution >= 4 is 17.4 Å². The molecule has 6 nitrogen and oxygen atoms in total. The van der Waals surface area contributed by atoms with E-state index in [-0.39, 0.29) is 17.8 Å². The maximum absolute atomic E-state index is 14.1. The fraction of sp³-hybridized carbons (Fsp3) is 0.474. The van der Waals surface area contributed by atoms with Gasteiger partial charge in [-0.3, -0.25) is 4.79 Å². The molecule has 1 aromatic heterocycles. The third-order valence-electron chi connectivity index (χ3n) is 5.81. The first kappa shape index (κ1) is 17.0. The van der Waals surface area contributed by atoms with E-state index in [4.69, 9.17) is 11.5 Å². The normalized spacial score (nSPS) is 24.5. The van der Waals surface area contributed by atoms with Gasteiger partial charge in [0.25, 0.3) is 5.91 Å². The lowest BCUT2D eigenvalue weighted by Gasteiger charge is -2.35. The topological polar surface area (TPSA) is 99.0 Å². The highest BCUT2D eigenvalue weighted by atomic mass is 19.1. The average molecular weight is 357 g/mol. The van der Waals surface area contributed by atoms with E-state index in [1.807, 2.05) is 13.8 Å². The molecule has 2 unspecified atom stereocenters. The van der Waals surface area contributed by atoms with E-state index < -0.39 is 5.41 Å². The first-order valence-corrected chi connectivity index (χ1v) is 9.02. The molecule has 4 rings (SSSR count). The molecule has 1 aliphatic heterocycles. The number of carbonyl (C=O) groups excluding carboxylic acids is 1. The number of aromatic nitrogens is 2. The molecule has 0 amide bonds. The van der Waals surface area contributed by atoms with E-state index in [0.717, 1.165) is 35.3 Å². The molecule has 1 aromatic carbocycles. The van der Waals surface area contributed by atoms with Crippen LogP contribution in [0.5, 0.6) is 0 Å². The lowest BCUT2D eigenvalue weighted by Crippen LogP contribution is -2.42. The van der Waals surface area contributed by atoms with Gasteiger partial charge in [-0.25, -0.2) is 4.39 Å². The van der Waals surface area contributed by atoms with E-state index >= 15 is 0 Å². The van der Waals surface area contributed by atoms with Gasteiger partial charge in [-0.05, 0) is 62.8 Å². The van der Waals surface area contributed by atoms with Crippen LogP contribution in [0.1, 0.15) is 46.9 Å². The summed E-state index contributed by atoms with van der Waals surface area (Å²) in [4.78, 5) is 13.5. The maximum atomic E-state index is 14.1. The highest BCUT2D eigenvalue weighted by Crippen LogP contribution is 2.41. The van der Waals surface area contributed by atoms with Gasteiger partial charge in [0.1, 0.15) is 11.6 Å². The molecule has 1 aliphatic carbocycles. The first-order chi connectivity index (χ1) is 12.3. The van der Waals surface area contributed by atoms with Crippen molar-refractivity contribution in [2.24, 2.45) is 5.73 Å². The molecule has 2 aromatic rings. The van der Waals surface area contributed by atoms with Gasteiger partial charge in [-0.1, -0.05) is 0 Å². The zero-order valence-corrected chi connectivity index (χ0v) is 15.1. The van der Waals surface area contributed by atoms with Gasteiger partial charge >= 0.3 is 0 Å². The van der Waals surface area contributed by atoms with E-state index in [9.17, 15) is 9.18 Å². The number of hydrogen-bond donors (Lipinski definition) is 3. The molecule has 0 bridgehead atoms.